The van der Waals surface area contributed by atoms with Gasteiger partial charge in [-0.1, -0.05) is 13.0 Å². The standard InChI is InChI=1S/C13H24N4O2S/c1-6-8-17(10(3)4)20(18,19)13-12(9-14-7-2)11(5)15-16-13/h6,10,14H,1,7-9H2,2-5H3,(H,15,16). The van der Waals surface area contributed by atoms with Crippen LogP contribution in [0.25, 0.3) is 0 Å². The molecule has 0 aliphatic heterocycles. The zero-order chi connectivity index (χ0) is 15.3. The number of sulfonamides is 1. The average molecular weight is 300 g/mol. The van der Waals surface area contributed by atoms with Crippen molar-refractivity contribution in [3.8, 4) is 0 Å². The van der Waals surface area contributed by atoms with Gasteiger partial charge in [-0.25, -0.2) is 8.42 Å². The van der Waals surface area contributed by atoms with E-state index >= 15 is 0 Å². The Morgan fingerprint density at radius 3 is 2.65 bits per heavy atom. The lowest BCUT2D eigenvalue weighted by Gasteiger charge is -2.24. The Labute approximate surface area is 121 Å². The summed E-state index contributed by atoms with van der Waals surface area (Å²) in [6, 6.07) is -0.151. The normalized spacial score (nSPS) is 12.3. The highest BCUT2D eigenvalue weighted by atomic mass is 32.2. The third-order valence-electron chi connectivity index (χ3n) is 3.03. The number of hydrogen-bond acceptors (Lipinski definition) is 4. The molecule has 0 saturated carbocycles. The van der Waals surface area contributed by atoms with Gasteiger partial charge in [-0.15, -0.1) is 6.58 Å². The average Bonchev–Trinajstić information content (AvgIpc) is 2.74. The van der Waals surface area contributed by atoms with Crippen LogP contribution in [0.1, 0.15) is 32.0 Å². The second kappa shape index (κ2) is 7.01. The zero-order valence-electron chi connectivity index (χ0n) is 12.6. The van der Waals surface area contributed by atoms with E-state index in [0.717, 1.165) is 12.2 Å². The molecule has 1 aromatic rings. The molecule has 0 atom stereocenters. The number of nitrogens with zero attached hydrogens (tertiary/aromatic N) is 2. The maximum absolute atomic E-state index is 12.7. The van der Waals surface area contributed by atoms with Crippen molar-refractivity contribution < 1.29 is 8.42 Å². The fraction of sp³-hybridized carbons (Fsp3) is 0.615. The van der Waals surface area contributed by atoms with E-state index in [-0.39, 0.29) is 17.6 Å². The van der Waals surface area contributed by atoms with Gasteiger partial charge in [-0.2, -0.15) is 9.40 Å². The van der Waals surface area contributed by atoms with Crippen molar-refractivity contribution in [2.75, 3.05) is 13.1 Å². The minimum Gasteiger partial charge on any atom is -0.313 e. The van der Waals surface area contributed by atoms with E-state index in [9.17, 15) is 8.42 Å². The van der Waals surface area contributed by atoms with Gasteiger partial charge < -0.3 is 5.32 Å². The molecule has 0 unspecified atom stereocenters. The summed E-state index contributed by atoms with van der Waals surface area (Å²) in [5.74, 6) is 0. The van der Waals surface area contributed by atoms with Crippen LogP contribution in [0.15, 0.2) is 17.7 Å². The fourth-order valence-electron chi connectivity index (χ4n) is 1.93. The van der Waals surface area contributed by atoms with Crippen LogP contribution in [-0.2, 0) is 16.6 Å². The minimum atomic E-state index is -3.62. The minimum absolute atomic E-state index is 0.103. The summed E-state index contributed by atoms with van der Waals surface area (Å²) in [5.41, 5.74) is 1.47. The fourth-order valence-corrected chi connectivity index (χ4v) is 3.70. The molecule has 0 aliphatic rings. The number of hydrogen-bond donors (Lipinski definition) is 2. The molecule has 7 heteroatoms. The van der Waals surface area contributed by atoms with E-state index in [1.165, 1.54) is 4.31 Å². The molecule has 1 aromatic heterocycles. The lowest BCUT2D eigenvalue weighted by molar-refractivity contribution is 0.380. The zero-order valence-corrected chi connectivity index (χ0v) is 13.4. The Kier molecular flexibility index (Phi) is 5.91. The summed E-state index contributed by atoms with van der Waals surface area (Å²) in [7, 11) is -3.62. The largest absolute Gasteiger partial charge is 0.313 e. The maximum atomic E-state index is 12.7. The molecule has 6 nitrogen and oxygen atoms in total. The Balaban J connectivity index is 3.23. The van der Waals surface area contributed by atoms with Crippen molar-refractivity contribution >= 4 is 10.0 Å². The number of aromatic nitrogens is 2. The highest BCUT2D eigenvalue weighted by molar-refractivity contribution is 7.89. The molecule has 0 aromatic carbocycles. The molecule has 0 fully saturated rings. The SMILES string of the molecule is C=CCN(C(C)C)S(=O)(=O)c1n[nH]c(C)c1CNCC. The molecular formula is C13H24N4O2S. The van der Waals surface area contributed by atoms with Crippen LogP contribution in [-0.4, -0.2) is 42.1 Å². The quantitative estimate of drug-likeness (QED) is 0.712. The summed E-state index contributed by atoms with van der Waals surface area (Å²) in [5, 5.41) is 10.0. The molecule has 2 N–H and O–H groups in total. The van der Waals surface area contributed by atoms with E-state index in [4.69, 9.17) is 0 Å². The predicted octanol–water partition coefficient (Wildman–Crippen LogP) is 1.41. The number of rotatable bonds is 8. The lowest BCUT2D eigenvalue weighted by Crippen LogP contribution is -2.37. The summed E-state index contributed by atoms with van der Waals surface area (Å²) in [6.45, 7) is 12.6. The second-order valence-corrected chi connectivity index (χ2v) is 6.68. The molecular weight excluding hydrogens is 276 g/mol. The summed E-state index contributed by atoms with van der Waals surface area (Å²) in [4.78, 5) is 0. The number of aromatic amines is 1. The molecule has 0 bridgehead atoms. The van der Waals surface area contributed by atoms with Crippen LogP contribution < -0.4 is 5.32 Å². The van der Waals surface area contributed by atoms with Gasteiger partial charge >= 0.3 is 0 Å². The molecule has 1 heterocycles. The predicted molar refractivity (Wildman–Crippen MR) is 79.9 cm³/mol. The molecule has 114 valence electrons. The van der Waals surface area contributed by atoms with Crippen LogP contribution in [0.2, 0.25) is 0 Å². The molecule has 0 radical (unpaired) electrons. The number of nitrogens with one attached hydrogen (secondary N) is 2. The van der Waals surface area contributed by atoms with E-state index in [1.807, 2.05) is 27.7 Å². The van der Waals surface area contributed by atoms with E-state index in [0.29, 0.717) is 12.1 Å². The molecule has 0 aliphatic carbocycles. The van der Waals surface area contributed by atoms with E-state index in [2.05, 4.69) is 22.1 Å². The highest BCUT2D eigenvalue weighted by Crippen LogP contribution is 2.22. The first-order valence-corrected chi connectivity index (χ1v) is 8.17. The topological polar surface area (TPSA) is 78.1 Å². The highest BCUT2D eigenvalue weighted by Gasteiger charge is 2.31. The number of aryl methyl sites for hydroxylation is 1. The van der Waals surface area contributed by atoms with E-state index < -0.39 is 10.0 Å². The van der Waals surface area contributed by atoms with E-state index in [1.54, 1.807) is 6.08 Å². The summed E-state index contributed by atoms with van der Waals surface area (Å²) < 4.78 is 26.9. The third kappa shape index (κ3) is 3.47. The van der Waals surface area contributed by atoms with Crippen molar-refractivity contribution in [3.05, 3.63) is 23.9 Å². The first-order valence-electron chi connectivity index (χ1n) is 6.73. The van der Waals surface area contributed by atoms with Gasteiger partial charge in [0.15, 0.2) is 5.03 Å². The van der Waals surface area contributed by atoms with Crippen LogP contribution in [0.3, 0.4) is 0 Å². The molecule has 0 spiro atoms. The molecule has 20 heavy (non-hydrogen) atoms. The van der Waals surface area contributed by atoms with Gasteiger partial charge in [0, 0.05) is 30.4 Å². The van der Waals surface area contributed by atoms with Crippen molar-refractivity contribution in [2.24, 2.45) is 0 Å². The first kappa shape index (κ1) is 16.9. The van der Waals surface area contributed by atoms with Crippen LogP contribution in [0.4, 0.5) is 0 Å². The maximum Gasteiger partial charge on any atom is 0.263 e. The van der Waals surface area contributed by atoms with Gasteiger partial charge in [-0.3, -0.25) is 5.10 Å². The molecule has 0 amide bonds. The first-order chi connectivity index (χ1) is 9.36. The Morgan fingerprint density at radius 1 is 1.50 bits per heavy atom. The van der Waals surface area contributed by atoms with Gasteiger partial charge in [0.25, 0.3) is 10.0 Å². The Morgan fingerprint density at radius 2 is 2.15 bits per heavy atom. The van der Waals surface area contributed by atoms with Crippen LogP contribution >= 0.6 is 0 Å². The van der Waals surface area contributed by atoms with Crippen LogP contribution in [0.5, 0.6) is 0 Å². The smallest absolute Gasteiger partial charge is 0.263 e. The molecule has 0 saturated heterocycles. The van der Waals surface area contributed by atoms with Gasteiger partial charge in [0.05, 0.1) is 0 Å². The third-order valence-corrected chi connectivity index (χ3v) is 5.04. The van der Waals surface area contributed by atoms with Gasteiger partial charge in [0.2, 0.25) is 0 Å². The van der Waals surface area contributed by atoms with Crippen LogP contribution in [0, 0.1) is 6.92 Å². The lowest BCUT2D eigenvalue weighted by atomic mass is 10.2. The second-order valence-electron chi connectivity index (χ2n) is 4.87. The van der Waals surface area contributed by atoms with Crippen molar-refractivity contribution in [3.63, 3.8) is 0 Å². The Hall–Kier alpha value is -1.18. The van der Waals surface area contributed by atoms with Gasteiger partial charge in [-0.05, 0) is 27.3 Å². The summed E-state index contributed by atoms with van der Waals surface area (Å²) >= 11 is 0. The monoisotopic (exact) mass is 300 g/mol. The molecule has 1 rings (SSSR count). The number of H-pyrrole nitrogens is 1. The summed E-state index contributed by atoms with van der Waals surface area (Å²) in [6.07, 6.45) is 1.58. The Bertz CT molecular complexity index is 549. The van der Waals surface area contributed by atoms with Crippen molar-refractivity contribution in [1.29, 1.82) is 0 Å². The van der Waals surface area contributed by atoms with Crippen molar-refractivity contribution in [2.45, 2.75) is 45.3 Å². The van der Waals surface area contributed by atoms with Gasteiger partial charge in [0.1, 0.15) is 0 Å². The van der Waals surface area contributed by atoms with Crippen molar-refractivity contribution in [1.82, 2.24) is 19.8 Å².